The molecule has 6 heteroatoms. The molecule has 1 amide bonds. The highest BCUT2D eigenvalue weighted by molar-refractivity contribution is 7.92. The third-order valence-electron chi connectivity index (χ3n) is 4.69. The molecule has 0 saturated carbocycles. The van der Waals surface area contributed by atoms with Gasteiger partial charge < -0.3 is 4.90 Å². The van der Waals surface area contributed by atoms with Gasteiger partial charge in [0.2, 0.25) is 15.9 Å². The second-order valence-electron chi connectivity index (χ2n) is 6.94. The van der Waals surface area contributed by atoms with E-state index >= 15 is 0 Å². The quantitative estimate of drug-likeness (QED) is 0.819. The molecule has 2 rings (SSSR count). The minimum atomic E-state index is -3.43. The summed E-state index contributed by atoms with van der Waals surface area (Å²) in [6.45, 7) is 7.82. The summed E-state index contributed by atoms with van der Waals surface area (Å²) in [6.07, 6.45) is 3.46. The van der Waals surface area contributed by atoms with Gasteiger partial charge in [0, 0.05) is 26.1 Å². The molecule has 24 heavy (non-hydrogen) atoms. The van der Waals surface area contributed by atoms with Crippen molar-refractivity contribution in [3.05, 3.63) is 29.3 Å². The van der Waals surface area contributed by atoms with E-state index in [-0.39, 0.29) is 18.9 Å². The van der Waals surface area contributed by atoms with Gasteiger partial charge in [-0.25, -0.2) is 8.42 Å². The van der Waals surface area contributed by atoms with Crippen LogP contribution >= 0.6 is 0 Å². The molecule has 1 aromatic rings. The van der Waals surface area contributed by atoms with Crippen molar-refractivity contribution >= 4 is 21.6 Å². The number of carbonyl (C=O) groups is 1. The fourth-order valence-electron chi connectivity index (χ4n) is 3.16. The number of sulfonamides is 1. The molecule has 1 fully saturated rings. The minimum absolute atomic E-state index is 0.0420. The topological polar surface area (TPSA) is 57.7 Å². The first-order valence-electron chi connectivity index (χ1n) is 8.51. The number of benzene rings is 1. The van der Waals surface area contributed by atoms with Crippen LogP contribution in [0.5, 0.6) is 0 Å². The van der Waals surface area contributed by atoms with Gasteiger partial charge in [-0.3, -0.25) is 9.10 Å². The van der Waals surface area contributed by atoms with Gasteiger partial charge in [0.1, 0.15) is 0 Å². The van der Waals surface area contributed by atoms with Crippen LogP contribution in [0.25, 0.3) is 0 Å². The fourth-order valence-corrected chi connectivity index (χ4v) is 4.15. The summed E-state index contributed by atoms with van der Waals surface area (Å²) in [5.41, 5.74) is 2.64. The molecular weight excluding hydrogens is 324 g/mol. The Morgan fingerprint density at radius 1 is 1.25 bits per heavy atom. The van der Waals surface area contributed by atoms with Crippen LogP contribution in [0.1, 0.15) is 37.3 Å². The second kappa shape index (κ2) is 7.55. The molecule has 1 aliphatic heterocycles. The maximum absolute atomic E-state index is 12.4. The van der Waals surface area contributed by atoms with E-state index in [0.29, 0.717) is 11.6 Å². The predicted molar refractivity (Wildman–Crippen MR) is 97.7 cm³/mol. The van der Waals surface area contributed by atoms with Crippen molar-refractivity contribution in [1.82, 2.24) is 4.90 Å². The molecule has 134 valence electrons. The van der Waals surface area contributed by atoms with Crippen LogP contribution in [-0.4, -0.2) is 45.1 Å². The van der Waals surface area contributed by atoms with Crippen molar-refractivity contribution in [2.24, 2.45) is 5.92 Å². The summed E-state index contributed by atoms with van der Waals surface area (Å²) >= 11 is 0. The van der Waals surface area contributed by atoms with E-state index in [4.69, 9.17) is 0 Å². The lowest BCUT2D eigenvalue weighted by Gasteiger charge is -2.31. The Morgan fingerprint density at radius 2 is 1.88 bits per heavy atom. The van der Waals surface area contributed by atoms with Gasteiger partial charge in [0.15, 0.2) is 0 Å². The first kappa shape index (κ1) is 18.8. The molecule has 5 nitrogen and oxygen atoms in total. The number of nitrogens with zero attached hydrogens (tertiary/aromatic N) is 2. The number of hydrogen-bond donors (Lipinski definition) is 0. The summed E-state index contributed by atoms with van der Waals surface area (Å²) in [7, 11) is -3.43. The zero-order valence-corrected chi connectivity index (χ0v) is 15.9. The van der Waals surface area contributed by atoms with Crippen LogP contribution in [0.3, 0.4) is 0 Å². The van der Waals surface area contributed by atoms with E-state index in [2.05, 4.69) is 6.92 Å². The molecular formula is C18H28N2O3S. The maximum atomic E-state index is 12.4. The molecule has 1 saturated heterocycles. The van der Waals surface area contributed by atoms with E-state index in [1.54, 1.807) is 0 Å². The average molecular weight is 353 g/mol. The van der Waals surface area contributed by atoms with Crippen molar-refractivity contribution < 1.29 is 13.2 Å². The Balaban J connectivity index is 2.09. The van der Waals surface area contributed by atoms with Crippen LogP contribution in [0.2, 0.25) is 0 Å². The van der Waals surface area contributed by atoms with Gasteiger partial charge in [-0.15, -0.1) is 0 Å². The number of piperidine rings is 1. The van der Waals surface area contributed by atoms with E-state index in [9.17, 15) is 13.2 Å². The number of rotatable bonds is 5. The summed E-state index contributed by atoms with van der Waals surface area (Å²) in [6, 6.07) is 5.68. The SMILES string of the molecule is Cc1ccc(N(CCC(=O)N2CCC(C)CC2)S(C)(=O)=O)c(C)c1. The third-order valence-corrected chi connectivity index (χ3v) is 5.87. The van der Waals surface area contributed by atoms with Crippen LogP contribution in [0.15, 0.2) is 18.2 Å². The van der Waals surface area contributed by atoms with Gasteiger partial charge in [0.25, 0.3) is 0 Å². The summed E-state index contributed by atoms with van der Waals surface area (Å²) in [5.74, 6) is 0.706. The van der Waals surface area contributed by atoms with Crippen molar-refractivity contribution in [2.75, 3.05) is 30.2 Å². The summed E-state index contributed by atoms with van der Waals surface area (Å²) in [4.78, 5) is 14.3. The standard InChI is InChI=1S/C18H28N2O3S/c1-14-7-10-19(11-8-14)18(21)9-12-20(24(4,22)23)17-6-5-15(2)13-16(17)3/h5-6,13-14H,7-12H2,1-4H3. The zero-order chi connectivity index (χ0) is 17.9. The lowest BCUT2D eigenvalue weighted by atomic mass is 9.99. The Labute approximate surface area is 145 Å². The highest BCUT2D eigenvalue weighted by Crippen LogP contribution is 2.24. The monoisotopic (exact) mass is 352 g/mol. The Morgan fingerprint density at radius 3 is 2.42 bits per heavy atom. The van der Waals surface area contributed by atoms with E-state index in [0.717, 1.165) is 37.1 Å². The van der Waals surface area contributed by atoms with Crippen molar-refractivity contribution in [2.45, 2.75) is 40.0 Å². The van der Waals surface area contributed by atoms with Gasteiger partial charge in [-0.05, 0) is 44.2 Å². The first-order chi connectivity index (χ1) is 11.2. The molecule has 0 unspecified atom stereocenters. The number of amides is 1. The van der Waals surface area contributed by atoms with Crippen LogP contribution < -0.4 is 4.31 Å². The largest absolute Gasteiger partial charge is 0.343 e. The first-order valence-corrected chi connectivity index (χ1v) is 10.4. The number of likely N-dealkylation sites (tertiary alicyclic amines) is 1. The number of hydrogen-bond acceptors (Lipinski definition) is 3. The molecule has 0 aliphatic carbocycles. The van der Waals surface area contributed by atoms with Crippen molar-refractivity contribution in [1.29, 1.82) is 0 Å². The van der Waals surface area contributed by atoms with Crippen LogP contribution in [0, 0.1) is 19.8 Å². The normalized spacial score (nSPS) is 16.2. The van der Waals surface area contributed by atoms with Crippen molar-refractivity contribution in [3.8, 4) is 0 Å². The molecule has 0 N–H and O–H groups in total. The maximum Gasteiger partial charge on any atom is 0.232 e. The molecule has 0 radical (unpaired) electrons. The third kappa shape index (κ3) is 4.72. The zero-order valence-electron chi connectivity index (χ0n) is 15.1. The molecule has 0 aromatic heterocycles. The Kier molecular flexibility index (Phi) is 5.91. The fraction of sp³-hybridized carbons (Fsp3) is 0.611. The van der Waals surface area contributed by atoms with E-state index < -0.39 is 10.0 Å². The predicted octanol–water partition coefficient (Wildman–Crippen LogP) is 2.72. The molecule has 0 spiro atoms. The smallest absolute Gasteiger partial charge is 0.232 e. The van der Waals surface area contributed by atoms with Gasteiger partial charge in [0.05, 0.1) is 11.9 Å². The molecule has 1 aliphatic rings. The average Bonchev–Trinajstić information content (AvgIpc) is 2.48. The van der Waals surface area contributed by atoms with Crippen LogP contribution in [-0.2, 0) is 14.8 Å². The van der Waals surface area contributed by atoms with E-state index in [1.165, 1.54) is 10.6 Å². The molecule has 1 aromatic carbocycles. The lowest BCUT2D eigenvalue weighted by molar-refractivity contribution is -0.132. The highest BCUT2D eigenvalue weighted by atomic mass is 32.2. The summed E-state index contributed by atoms with van der Waals surface area (Å²) < 4.78 is 25.8. The Bertz CT molecular complexity index is 692. The van der Waals surface area contributed by atoms with E-state index in [1.807, 2.05) is 36.9 Å². The number of anilines is 1. The molecule has 0 bridgehead atoms. The van der Waals surface area contributed by atoms with Gasteiger partial charge in [-0.1, -0.05) is 24.6 Å². The van der Waals surface area contributed by atoms with Crippen LogP contribution in [0.4, 0.5) is 5.69 Å². The van der Waals surface area contributed by atoms with Gasteiger partial charge >= 0.3 is 0 Å². The molecule has 1 heterocycles. The molecule has 0 atom stereocenters. The minimum Gasteiger partial charge on any atom is -0.343 e. The van der Waals surface area contributed by atoms with Gasteiger partial charge in [-0.2, -0.15) is 0 Å². The second-order valence-corrected chi connectivity index (χ2v) is 8.85. The summed E-state index contributed by atoms with van der Waals surface area (Å²) in [5, 5.41) is 0. The highest BCUT2D eigenvalue weighted by Gasteiger charge is 2.24. The lowest BCUT2D eigenvalue weighted by Crippen LogP contribution is -2.40. The Hall–Kier alpha value is -1.56. The number of aryl methyl sites for hydroxylation is 2. The van der Waals surface area contributed by atoms with Crippen molar-refractivity contribution in [3.63, 3.8) is 0 Å². The number of carbonyl (C=O) groups excluding carboxylic acids is 1.